The van der Waals surface area contributed by atoms with E-state index in [0.29, 0.717) is 6.61 Å². The van der Waals surface area contributed by atoms with Crippen LogP contribution in [0.3, 0.4) is 0 Å². The third kappa shape index (κ3) is 10.1. The first-order valence-electron chi connectivity index (χ1n) is 4.05. The minimum Gasteiger partial charge on any atom is -0.270 e. The van der Waals surface area contributed by atoms with Crippen LogP contribution in [0.1, 0.15) is 6.42 Å². The highest BCUT2D eigenvalue weighted by Crippen LogP contribution is 2.10. The number of hydrogen-bond donors (Lipinski definition) is 0. The van der Waals surface area contributed by atoms with E-state index >= 15 is 0 Å². The van der Waals surface area contributed by atoms with Gasteiger partial charge in [0, 0.05) is 8.07 Å². The van der Waals surface area contributed by atoms with E-state index in [4.69, 9.17) is 0 Å². The van der Waals surface area contributed by atoms with E-state index in [0.717, 1.165) is 18.7 Å². The Balaban J connectivity index is 3.48. The van der Waals surface area contributed by atoms with Crippen molar-refractivity contribution in [1.29, 1.82) is 0 Å². The van der Waals surface area contributed by atoms with Gasteiger partial charge in [-0.15, -0.1) is 0 Å². The van der Waals surface area contributed by atoms with Crippen LogP contribution in [0.5, 0.6) is 0 Å². The maximum atomic E-state index is 10.5. The predicted octanol–water partition coefficient (Wildman–Crippen LogP) is 1.69. The van der Waals surface area contributed by atoms with Crippen molar-refractivity contribution in [2.24, 2.45) is 0 Å². The summed E-state index contributed by atoms with van der Waals surface area (Å²) in [5.41, 5.74) is 0. The summed E-state index contributed by atoms with van der Waals surface area (Å²) in [6, 6.07) is 1.11. The van der Waals surface area contributed by atoms with Crippen molar-refractivity contribution in [3.8, 4) is 0 Å². The van der Waals surface area contributed by atoms with Gasteiger partial charge in [0.05, 0.1) is 12.9 Å². The van der Waals surface area contributed by atoms with Gasteiger partial charge in [-0.05, 0) is 6.42 Å². The van der Waals surface area contributed by atoms with E-state index in [9.17, 15) is 8.42 Å². The van der Waals surface area contributed by atoms with Crippen LogP contribution in [-0.2, 0) is 14.3 Å². The second kappa shape index (κ2) is 4.39. The van der Waals surface area contributed by atoms with Gasteiger partial charge in [-0.25, -0.2) is 0 Å². The predicted molar refractivity (Wildman–Crippen MR) is 53.6 cm³/mol. The summed E-state index contributed by atoms with van der Waals surface area (Å²) in [5.74, 6) is 0. The van der Waals surface area contributed by atoms with Crippen molar-refractivity contribution >= 4 is 18.2 Å². The van der Waals surface area contributed by atoms with E-state index < -0.39 is 18.2 Å². The molecule has 0 heterocycles. The van der Waals surface area contributed by atoms with Gasteiger partial charge < -0.3 is 0 Å². The fraction of sp³-hybridized carbons (Fsp3) is 1.00. The third-order valence-electron chi connectivity index (χ3n) is 1.37. The summed E-state index contributed by atoms with van der Waals surface area (Å²) in [4.78, 5) is 0. The normalized spacial score (nSPS) is 13.3. The molecular weight excluding hydrogens is 192 g/mol. The van der Waals surface area contributed by atoms with Crippen molar-refractivity contribution in [2.45, 2.75) is 32.1 Å². The molecule has 0 N–H and O–H groups in total. The molecule has 0 aromatic heterocycles. The second-order valence-electron chi connectivity index (χ2n) is 4.19. The van der Waals surface area contributed by atoms with Crippen LogP contribution in [0, 0.1) is 0 Å². The fourth-order valence-electron chi connectivity index (χ4n) is 0.813. The molecule has 0 radical (unpaired) electrons. The smallest absolute Gasteiger partial charge is 0.264 e. The van der Waals surface area contributed by atoms with Crippen LogP contribution in [0.25, 0.3) is 0 Å². The van der Waals surface area contributed by atoms with E-state index in [1.165, 1.54) is 0 Å². The first-order valence-corrected chi connectivity index (χ1v) is 9.57. The van der Waals surface area contributed by atoms with Crippen LogP contribution < -0.4 is 0 Å². The Hall–Kier alpha value is 0.127. The minimum atomic E-state index is -3.23. The van der Waals surface area contributed by atoms with Crippen molar-refractivity contribution in [2.75, 3.05) is 12.9 Å². The van der Waals surface area contributed by atoms with E-state index in [2.05, 4.69) is 23.8 Å². The Morgan fingerprint density at radius 2 is 1.75 bits per heavy atom. The second-order valence-corrected chi connectivity index (χ2v) is 11.5. The van der Waals surface area contributed by atoms with Crippen LogP contribution in [-0.4, -0.2) is 29.4 Å². The maximum Gasteiger partial charge on any atom is 0.264 e. The molecule has 0 fully saturated rings. The topological polar surface area (TPSA) is 43.4 Å². The minimum absolute atomic E-state index is 0.336. The lowest BCUT2D eigenvalue weighted by atomic mass is 10.5. The molecule has 0 aromatic carbocycles. The molecule has 0 amide bonds. The highest BCUT2D eigenvalue weighted by atomic mass is 32.2. The van der Waals surface area contributed by atoms with Gasteiger partial charge in [0.25, 0.3) is 10.1 Å². The molecule has 0 aliphatic carbocycles. The molecule has 3 nitrogen and oxygen atoms in total. The Kier molecular flexibility index (Phi) is 4.43. The van der Waals surface area contributed by atoms with Crippen LogP contribution >= 0.6 is 0 Å². The molecule has 0 aliphatic heterocycles. The molecule has 0 spiro atoms. The highest BCUT2D eigenvalue weighted by Gasteiger charge is 2.12. The molecule has 0 aliphatic rings. The summed E-state index contributed by atoms with van der Waals surface area (Å²) in [6.45, 7) is 7.11. The molecule has 0 saturated carbocycles. The Morgan fingerprint density at radius 3 is 2.08 bits per heavy atom. The monoisotopic (exact) mass is 210 g/mol. The molecule has 5 heteroatoms. The largest absolute Gasteiger partial charge is 0.270 e. The highest BCUT2D eigenvalue weighted by molar-refractivity contribution is 7.85. The van der Waals surface area contributed by atoms with Gasteiger partial charge in [-0.2, -0.15) is 8.42 Å². The zero-order valence-corrected chi connectivity index (χ0v) is 10.1. The van der Waals surface area contributed by atoms with Gasteiger partial charge in [-0.1, -0.05) is 25.7 Å². The quantitative estimate of drug-likeness (QED) is 0.394. The van der Waals surface area contributed by atoms with Gasteiger partial charge in [0.2, 0.25) is 0 Å². The summed E-state index contributed by atoms with van der Waals surface area (Å²) in [6.07, 6.45) is 1.93. The molecule has 0 saturated heterocycles. The Morgan fingerprint density at radius 1 is 1.25 bits per heavy atom. The average molecular weight is 210 g/mol. The zero-order chi connectivity index (χ0) is 9.83. The van der Waals surface area contributed by atoms with Crippen molar-refractivity contribution in [1.82, 2.24) is 0 Å². The lowest BCUT2D eigenvalue weighted by molar-refractivity contribution is 0.321. The van der Waals surface area contributed by atoms with Gasteiger partial charge in [0.1, 0.15) is 0 Å². The summed E-state index contributed by atoms with van der Waals surface area (Å²) in [5, 5.41) is 0. The first-order chi connectivity index (χ1) is 5.21. The van der Waals surface area contributed by atoms with Gasteiger partial charge >= 0.3 is 0 Å². The van der Waals surface area contributed by atoms with E-state index in [1.807, 2.05) is 0 Å². The van der Waals surface area contributed by atoms with Crippen molar-refractivity contribution in [3.05, 3.63) is 0 Å². The van der Waals surface area contributed by atoms with E-state index in [-0.39, 0.29) is 0 Å². The molecule has 74 valence electrons. The average Bonchev–Trinajstić information content (AvgIpc) is 1.76. The molecule has 0 rings (SSSR count). The molecular formula is C7H18O3SSi. The fourth-order valence-corrected chi connectivity index (χ4v) is 2.44. The summed E-state index contributed by atoms with van der Waals surface area (Å²) < 4.78 is 25.7. The third-order valence-corrected chi connectivity index (χ3v) is 3.82. The first kappa shape index (κ1) is 12.1. The van der Waals surface area contributed by atoms with Gasteiger partial charge in [-0.3, -0.25) is 4.18 Å². The molecule has 0 atom stereocenters. The standard InChI is InChI=1S/C7H18O3SSi/c1-11(8,9)10-6-5-7-12(2,3)4/h5-7H2,1-4H3. The van der Waals surface area contributed by atoms with Crippen LogP contribution in [0.4, 0.5) is 0 Å². The van der Waals surface area contributed by atoms with Crippen molar-refractivity contribution < 1.29 is 12.6 Å². The molecule has 0 unspecified atom stereocenters. The molecule has 0 bridgehead atoms. The molecule has 12 heavy (non-hydrogen) atoms. The SMILES string of the molecule is C[Si](C)(C)CCCOS(C)(=O)=O. The zero-order valence-electron chi connectivity index (χ0n) is 8.25. The van der Waals surface area contributed by atoms with E-state index in [1.54, 1.807) is 0 Å². The summed E-state index contributed by atoms with van der Waals surface area (Å²) >= 11 is 0. The lowest BCUT2D eigenvalue weighted by Crippen LogP contribution is -2.20. The Labute approximate surface area is 76.3 Å². The van der Waals surface area contributed by atoms with Crippen molar-refractivity contribution in [3.63, 3.8) is 0 Å². The Bertz CT molecular complexity index is 215. The van der Waals surface area contributed by atoms with Crippen LogP contribution in [0.15, 0.2) is 0 Å². The summed E-state index contributed by atoms with van der Waals surface area (Å²) in [7, 11) is -4.25. The van der Waals surface area contributed by atoms with Crippen LogP contribution in [0.2, 0.25) is 25.7 Å². The van der Waals surface area contributed by atoms with Gasteiger partial charge in [0.15, 0.2) is 0 Å². The molecule has 0 aromatic rings. The maximum absolute atomic E-state index is 10.5. The number of hydrogen-bond acceptors (Lipinski definition) is 3. The number of rotatable bonds is 5. The lowest BCUT2D eigenvalue weighted by Gasteiger charge is -2.14.